The Labute approximate surface area is 120 Å². The van der Waals surface area contributed by atoms with E-state index in [1.807, 2.05) is 43.3 Å². The summed E-state index contributed by atoms with van der Waals surface area (Å²) in [5.74, 6) is 0.839. The molecule has 2 rings (SSSR count). The monoisotopic (exact) mass is 352 g/mol. The van der Waals surface area contributed by atoms with E-state index in [1.54, 1.807) is 13.2 Å². The topological polar surface area (TPSA) is 26.3 Å². The maximum Gasteiger partial charge on any atom is 0.193 e. The van der Waals surface area contributed by atoms with Crippen LogP contribution in [0.1, 0.15) is 21.5 Å². The quantitative estimate of drug-likeness (QED) is 0.620. The first-order valence-corrected chi connectivity index (χ1v) is 6.65. The summed E-state index contributed by atoms with van der Waals surface area (Å²) < 4.78 is 6.13. The van der Waals surface area contributed by atoms with Gasteiger partial charge in [-0.1, -0.05) is 24.3 Å². The third-order valence-electron chi connectivity index (χ3n) is 2.80. The van der Waals surface area contributed by atoms with E-state index in [1.165, 1.54) is 0 Å². The average molecular weight is 352 g/mol. The maximum absolute atomic E-state index is 12.4. The first-order chi connectivity index (χ1) is 8.63. The highest BCUT2D eigenvalue weighted by Crippen LogP contribution is 2.23. The molecular weight excluding hydrogens is 339 g/mol. The van der Waals surface area contributed by atoms with Gasteiger partial charge >= 0.3 is 0 Å². The molecule has 0 unspecified atom stereocenters. The van der Waals surface area contributed by atoms with Crippen molar-refractivity contribution in [3.8, 4) is 5.75 Å². The van der Waals surface area contributed by atoms with Crippen LogP contribution in [0.3, 0.4) is 0 Å². The second kappa shape index (κ2) is 5.52. The summed E-state index contributed by atoms with van der Waals surface area (Å²) in [6.07, 6.45) is 0. The van der Waals surface area contributed by atoms with Gasteiger partial charge in [-0.15, -0.1) is 0 Å². The Morgan fingerprint density at radius 1 is 1.17 bits per heavy atom. The molecule has 0 heterocycles. The normalized spacial score (nSPS) is 10.2. The van der Waals surface area contributed by atoms with Gasteiger partial charge in [-0.25, -0.2) is 0 Å². The van der Waals surface area contributed by atoms with Crippen molar-refractivity contribution in [1.82, 2.24) is 0 Å². The van der Waals surface area contributed by atoms with Gasteiger partial charge in [0.05, 0.1) is 10.7 Å². The summed E-state index contributed by atoms with van der Waals surface area (Å²) in [6.45, 7) is 1.95. The lowest BCUT2D eigenvalue weighted by Gasteiger charge is -2.07. The van der Waals surface area contributed by atoms with E-state index in [0.717, 1.165) is 20.4 Å². The molecule has 0 saturated carbocycles. The fourth-order valence-corrected chi connectivity index (χ4v) is 2.53. The average Bonchev–Trinajstić information content (AvgIpc) is 2.38. The minimum absolute atomic E-state index is 0.0497. The summed E-state index contributed by atoms with van der Waals surface area (Å²) >= 11 is 2.17. The molecule has 0 aliphatic carbocycles. The molecule has 0 spiro atoms. The number of ketones is 1. The molecule has 0 bridgehead atoms. The van der Waals surface area contributed by atoms with Crippen molar-refractivity contribution in [3.05, 3.63) is 62.7 Å². The molecule has 0 radical (unpaired) electrons. The number of aryl methyl sites for hydroxylation is 1. The number of carbonyl (C=O) groups is 1. The van der Waals surface area contributed by atoms with Crippen molar-refractivity contribution in [2.75, 3.05) is 7.11 Å². The van der Waals surface area contributed by atoms with Gasteiger partial charge in [0.2, 0.25) is 0 Å². The molecule has 0 aromatic heterocycles. The van der Waals surface area contributed by atoms with E-state index < -0.39 is 0 Å². The molecule has 2 nitrogen and oxygen atoms in total. The minimum atomic E-state index is 0.0497. The van der Waals surface area contributed by atoms with Crippen molar-refractivity contribution < 1.29 is 9.53 Å². The predicted octanol–water partition coefficient (Wildman–Crippen LogP) is 3.84. The molecule has 0 saturated heterocycles. The number of hydrogen-bond acceptors (Lipinski definition) is 2. The summed E-state index contributed by atoms with van der Waals surface area (Å²) in [5, 5.41) is 0. The molecule has 2 aromatic carbocycles. The number of rotatable bonds is 3. The lowest BCUT2D eigenvalue weighted by atomic mass is 9.99. The van der Waals surface area contributed by atoms with Crippen LogP contribution < -0.4 is 4.74 Å². The van der Waals surface area contributed by atoms with Gasteiger partial charge in [-0.05, 0) is 53.3 Å². The summed E-state index contributed by atoms with van der Waals surface area (Å²) in [6, 6.07) is 13.1. The fraction of sp³-hybridized carbons (Fsp3) is 0.133. The molecule has 0 N–H and O–H groups in total. The van der Waals surface area contributed by atoms with E-state index in [0.29, 0.717) is 5.56 Å². The van der Waals surface area contributed by atoms with E-state index >= 15 is 0 Å². The second-order valence-electron chi connectivity index (χ2n) is 3.99. The maximum atomic E-state index is 12.4. The molecule has 0 amide bonds. The zero-order valence-corrected chi connectivity index (χ0v) is 12.4. The smallest absolute Gasteiger partial charge is 0.193 e. The number of hydrogen-bond donors (Lipinski definition) is 0. The SMILES string of the molecule is COc1ccc(C(=O)c2ccccc2C)cc1I. The Balaban J connectivity index is 2.41. The van der Waals surface area contributed by atoms with Crippen LogP contribution in [0.4, 0.5) is 0 Å². The number of carbonyl (C=O) groups excluding carboxylic acids is 1. The fourth-order valence-electron chi connectivity index (χ4n) is 1.79. The van der Waals surface area contributed by atoms with Gasteiger partial charge in [0, 0.05) is 11.1 Å². The second-order valence-corrected chi connectivity index (χ2v) is 5.16. The summed E-state index contributed by atoms with van der Waals surface area (Å²) in [4.78, 5) is 12.4. The lowest BCUT2D eigenvalue weighted by Crippen LogP contribution is -2.04. The Morgan fingerprint density at radius 2 is 1.89 bits per heavy atom. The van der Waals surface area contributed by atoms with Crippen LogP contribution in [0.5, 0.6) is 5.75 Å². The third kappa shape index (κ3) is 2.56. The van der Waals surface area contributed by atoms with Crippen molar-refractivity contribution in [2.24, 2.45) is 0 Å². The van der Waals surface area contributed by atoms with Crippen LogP contribution in [0.15, 0.2) is 42.5 Å². The molecule has 0 fully saturated rings. The van der Waals surface area contributed by atoms with E-state index in [4.69, 9.17) is 4.74 Å². The van der Waals surface area contributed by atoms with E-state index in [-0.39, 0.29) is 5.78 Å². The first kappa shape index (κ1) is 13.1. The van der Waals surface area contributed by atoms with Crippen molar-refractivity contribution in [2.45, 2.75) is 6.92 Å². The van der Waals surface area contributed by atoms with Crippen molar-refractivity contribution in [3.63, 3.8) is 0 Å². The summed E-state index contributed by atoms with van der Waals surface area (Å²) in [7, 11) is 1.63. The molecule has 0 atom stereocenters. The highest BCUT2D eigenvalue weighted by atomic mass is 127. The Kier molecular flexibility index (Phi) is 4.01. The molecule has 2 aromatic rings. The van der Waals surface area contributed by atoms with Gasteiger partial charge < -0.3 is 4.74 Å². The van der Waals surface area contributed by atoms with Crippen LogP contribution >= 0.6 is 22.6 Å². The van der Waals surface area contributed by atoms with Gasteiger partial charge in [0.15, 0.2) is 5.78 Å². The van der Waals surface area contributed by atoms with Gasteiger partial charge in [0.25, 0.3) is 0 Å². The largest absolute Gasteiger partial charge is 0.496 e. The minimum Gasteiger partial charge on any atom is -0.496 e. The van der Waals surface area contributed by atoms with E-state index in [2.05, 4.69) is 22.6 Å². The first-order valence-electron chi connectivity index (χ1n) is 5.57. The molecule has 92 valence electrons. The Hall–Kier alpha value is -1.36. The highest BCUT2D eigenvalue weighted by molar-refractivity contribution is 14.1. The van der Waals surface area contributed by atoms with Crippen LogP contribution in [-0.4, -0.2) is 12.9 Å². The highest BCUT2D eigenvalue weighted by Gasteiger charge is 2.12. The van der Waals surface area contributed by atoms with Crippen molar-refractivity contribution in [1.29, 1.82) is 0 Å². The number of ether oxygens (including phenoxy) is 1. The number of methoxy groups -OCH3 is 1. The van der Waals surface area contributed by atoms with Crippen LogP contribution in [0.2, 0.25) is 0 Å². The predicted molar refractivity (Wildman–Crippen MR) is 80.3 cm³/mol. The van der Waals surface area contributed by atoms with Gasteiger partial charge in [-0.2, -0.15) is 0 Å². The van der Waals surface area contributed by atoms with Crippen LogP contribution in [0, 0.1) is 10.5 Å². The van der Waals surface area contributed by atoms with Crippen LogP contribution in [0.25, 0.3) is 0 Å². The Bertz CT molecular complexity index is 591. The third-order valence-corrected chi connectivity index (χ3v) is 3.65. The number of halogens is 1. The molecular formula is C15H13IO2. The van der Waals surface area contributed by atoms with Gasteiger partial charge in [-0.3, -0.25) is 4.79 Å². The molecule has 0 aliphatic rings. The standard InChI is InChI=1S/C15H13IO2/c1-10-5-3-4-6-12(10)15(17)11-7-8-14(18-2)13(16)9-11/h3-9H,1-2H3. The zero-order valence-electron chi connectivity index (χ0n) is 10.2. The van der Waals surface area contributed by atoms with Crippen molar-refractivity contribution >= 4 is 28.4 Å². The lowest BCUT2D eigenvalue weighted by molar-refractivity contribution is 0.103. The molecule has 3 heteroatoms. The van der Waals surface area contributed by atoms with Gasteiger partial charge in [0.1, 0.15) is 5.75 Å². The van der Waals surface area contributed by atoms with E-state index in [9.17, 15) is 4.79 Å². The van der Waals surface area contributed by atoms with Crippen LogP contribution in [-0.2, 0) is 0 Å². The summed E-state index contributed by atoms with van der Waals surface area (Å²) in [5.41, 5.74) is 2.43. The zero-order chi connectivity index (χ0) is 13.1. The molecule has 0 aliphatic heterocycles. The number of benzene rings is 2. The molecule has 18 heavy (non-hydrogen) atoms. The Morgan fingerprint density at radius 3 is 2.50 bits per heavy atom.